The Morgan fingerprint density at radius 1 is 0.914 bits per heavy atom. The molecule has 35 heavy (non-hydrogen) atoms. The van der Waals surface area contributed by atoms with E-state index in [1.807, 2.05) is 24.3 Å². The van der Waals surface area contributed by atoms with Crippen molar-refractivity contribution in [2.75, 3.05) is 19.5 Å². The van der Waals surface area contributed by atoms with Crippen molar-refractivity contribution in [3.05, 3.63) is 53.1 Å². The standard InChI is InChI=1S/C30H39NO4/c1-33-25-16-17-26(34-2)29-28(25)23-13-6-7-14-24(23)35-30(29)21-11-8-12-22(19-21)31-27(32)18-15-20-9-4-3-5-10-20/h8,11-12,16-17,19-20,23-24,30H,3-7,9-10,13-15,18H2,1-2H3,(H,31,32)/t23-,24+,30+/m0/s1. The summed E-state index contributed by atoms with van der Waals surface area (Å²) in [5, 5.41) is 3.14. The molecular formula is C30H39NO4. The van der Waals surface area contributed by atoms with E-state index in [1.54, 1.807) is 14.2 Å². The Hall–Kier alpha value is -2.53. The Balaban J connectivity index is 1.40. The van der Waals surface area contributed by atoms with Crippen LogP contribution in [0.4, 0.5) is 5.69 Å². The summed E-state index contributed by atoms with van der Waals surface area (Å²) < 4.78 is 18.4. The Morgan fingerprint density at radius 3 is 2.40 bits per heavy atom. The lowest BCUT2D eigenvalue weighted by molar-refractivity contribution is -0.116. The van der Waals surface area contributed by atoms with Gasteiger partial charge < -0.3 is 19.5 Å². The fourth-order valence-corrected chi connectivity index (χ4v) is 6.50. The number of hydrogen-bond acceptors (Lipinski definition) is 4. The highest BCUT2D eigenvalue weighted by atomic mass is 16.5. The molecule has 2 aromatic rings. The monoisotopic (exact) mass is 477 g/mol. The molecule has 3 atom stereocenters. The molecule has 1 N–H and O–H groups in total. The first-order chi connectivity index (χ1) is 17.2. The molecule has 1 aliphatic heterocycles. The minimum Gasteiger partial charge on any atom is -0.496 e. The van der Waals surface area contributed by atoms with Gasteiger partial charge in [-0.3, -0.25) is 4.79 Å². The molecule has 0 spiro atoms. The van der Waals surface area contributed by atoms with E-state index in [9.17, 15) is 4.79 Å². The molecule has 188 valence electrons. The van der Waals surface area contributed by atoms with Crippen LogP contribution in [-0.2, 0) is 9.53 Å². The van der Waals surface area contributed by atoms with Gasteiger partial charge in [-0.2, -0.15) is 0 Å². The van der Waals surface area contributed by atoms with Crippen LogP contribution in [0.3, 0.4) is 0 Å². The molecule has 0 unspecified atom stereocenters. The molecule has 2 saturated carbocycles. The van der Waals surface area contributed by atoms with E-state index < -0.39 is 0 Å². The van der Waals surface area contributed by atoms with Crippen molar-refractivity contribution in [3.63, 3.8) is 0 Å². The Bertz CT molecular complexity index is 1030. The number of ether oxygens (including phenoxy) is 3. The largest absolute Gasteiger partial charge is 0.496 e. The predicted octanol–water partition coefficient (Wildman–Crippen LogP) is 7.15. The van der Waals surface area contributed by atoms with E-state index in [4.69, 9.17) is 14.2 Å². The Morgan fingerprint density at radius 2 is 1.63 bits per heavy atom. The van der Waals surface area contributed by atoms with Crippen LogP contribution in [0.2, 0.25) is 0 Å². The first-order valence-electron chi connectivity index (χ1n) is 13.5. The van der Waals surface area contributed by atoms with Crippen LogP contribution >= 0.6 is 0 Å². The van der Waals surface area contributed by atoms with Gasteiger partial charge in [-0.15, -0.1) is 0 Å². The number of fused-ring (bicyclic) bond motifs is 3. The van der Waals surface area contributed by atoms with Crippen molar-refractivity contribution in [2.24, 2.45) is 5.92 Å². The van der Waals surface area contributed by atoms with Crippen molar-refractivity contribution in [2.45, 2.75) is 88.8 Å². The number of rotatable bonds is 7. The highest BCUT2D eigenvalue weighted by molar-refractivity contribution is 5.90. The zero-order chi connectivity index (χ0) is 24.2. The highest BCUT2D eigenvalue weighted by Crippen LogP contribution is 2.53. The van der Waals surface area contributed by atoms with E-state index in [0.717, 1.165) is 47.6 Å². The topological polar surface area (TPSA) is 56.8 Å². The van der Waals surface area contributed by atoms with E-state index in [1.165, 1.54) is 50.5 Å². The molecule has 2 aromatic carbocycles. The number of hydrogen-bond donors (Lipinski definition) is 1. The average molecular weight is 478 g/mol. The zero-order valence-electron chi connectivity index (χ0n) is 21.2. The van der Waals surface area contributed by atoms with Gasteiger partial charge in [0.1, 0.15) is 17.6 Å². The molecule has 0 radical (unpaired) electrons. The summed E-state index contributed by atoms with van der Waals surface area (Å²) in [6.45, 7) is 0. The van der Waals surface area contributed by atoms with Crippen LogP contribution in [0.15, 0.2) is 36.4 Å². The lowest BCUT2D eigenvalue weighted by Gasteiger charge is -2.42. The Kier molecular flexibility index (Phi) is 7.62. The fourth-order valence-electron chi connectivity index (χ4n) is 6.50. The third kappa shape index (κ3) is 5.20. The van der Waals surface area contributed by atoms with Gasteiger partial charge >= 0.3 is 0 Å². The smallest absolute Gasteiger partial charge is 0.224 e. The van der Waals surface area contributed by atoms with Crippen LogP contribution in [0.25, 0.3) is 0 Å². The molecule has 2 aliphatic carbocycles. The number of amides is 1. The van der Waals surface area contributed by atoms with Gasteiger partial charge in [0.15, 0.2) is 0 Å². The van der Waals surface area contributed by atoms with Gasteiger partial charge in [0.2, 0.25) is 5.91 Å². The normalized spacial score (nSPS) is 24.2. The van der Waals surface area contributed by atoms with E-state index in [2.05, 4.69) is 17.4 Å². The van der Waals surface area contributed by atoms with Crippen LogP contribution in [0, 0.1) is 5.92 Å². The lowest BCUT2D eigenvalue weighted by atomic mass is 9.75. The summed E-state index contributed by atoms with van der Waals surface area (Å²) in [6.07, 6.45) is 12.6. The SMILES string of the molecule is COc1ccc(OC)c2c1[C@@H](c1cccc(NC(=O)CCC3CCCCC3)c1)O[C@@H]1CCCC[C@H]21. The van der Waals surface area contributed by atoms with Gasteiger partial charge in [-0.05, 0) is 55.0 Å². The summed E-state index contributed by atoms with van der Waals surface area (Å²) in [7, 11) is 3.46. The van der Waals surface area contributed by atoms with Crippen molar-refractivity contribution in [1.29, 1.82) is 0 Å². The molecule has 0 saturated heterocycles. The second-order valence-electron chi connectivity index (χ2n) is 10.5. The average Bonchev–Trinajstić information content (AvgIpc) is 2.91. The summed E-state index contributed by atoms with van der Waals surface area (Å²) in [5.74, 6) is 2.88. The third-order valence-corrected chi connectivity index (χ3v) is 8.27. The predicted molar refractivity (Wildman–Crippen MR) is 138 cm³/mol. The van der Waals surface area contributed by atoms with Gasteiger partial charge in [0.25, 0.3) is 0 Å². The van der Waals surface area contributed by atoms with Crippen molar-refractivity contribution >= 4 is 11.6 Å². The van der Waals surface area contributed by atoms with Crippen molar-refractivity contribution in [3.8, 4) is 11.5 Å². The summed E-state index contributed by atoms with van der Waals surface area (Å²) in [6, 6.07) is 12.1. The number of carbonyl (C=O) groups is 1. The van der Waals surface area contributed by atoms with E-state index >= 15 is 0 Å². The van der Waals surface area contributed by atoms with Gasteiger partial charge in [0.05, 0.1) is 20.3 Å². The zero-order valence-corrected chi connectivity index (χ0v) is 21.2. The molecule has 1 heterocycles. The van der Waals surface area contributed by atoms with Crippen LogP contribution in [0.1, 0.15) is 99.3 Å². The third-order valence-electron chi connectivity index (χ3n) is 8.27. The minimum absolute atomic E-state index is 0.101. The number of methoxy groups -OCH3 is 2. The number of nitrogens with one attached hydrogen (secondary N) is 1. The molecular weight excluding hydrogens is 438 g/mol. The molecule has 0 bridgehead atoms. The second-order valence-corrected chi connectivity index (χ2v) is 10.5. The molecule has 3 aliphatic rings. The minimum atomic E-state index is -0.256. The van der Waals surface area contributed by atoms with Crippen molar-refractivity contribution < 1.29 is 19.0 Å². The molecule has 5 nitrogen and oxygen atoms in total. The quantitative estimate of drug-likeness (QED) is 0.460. The molecule has 2 fully saturated rings. The van der Waals surface area contributed by atoms with Gasteiger partial charge in [-0.1, -0.05) is 57.1 Å². The molecule has 1 amide bonds. The highest BCUT2D eigenvalue weighted by Gasteiger charge is 2.41. The number of anilines is 1. The summed E-state index contributed by atoms with van der Waals surface area (Å²) in [4.78, 5) is 12.7. The Labute approximate surface area is 209 Å². The molecule has 5 heteroatoms. The first kappa shape index (κ1) is 24.2. The first-order valence-corrected chi connectivity index (χ1v) is 13.5. The number of carbonyl (C=O) groups excluding carboxylic acids is 1. The van der Waals surface area contributed by atoms with Crippen LogP contribution in [0.5, 0.6) is 11.5 Å². The van der Waals surface area contributed by atoms with Gasteiger partial charge in [-0.25, -0.2) is 0 Å². The number of benzene rings is 2. The second kappa shape index (κ2) is 11.0. The molecule has 0 aromatic heterocycles. The fraction of sp³-hybridized carbons (Fsp3) is 0.567. The van der Waals surface area contributed by atoms with E-state index in [-0.39, 0.29) is 18.1 Å². The van der Waals surface area contributed by atoms with Crippen molar-refractivity contribution in [1.82, 2.24) is 0 Å². The lowest BCUT2D eigenvalue weighted by Crippen LogP contribution is -2.34. The van der Waals surface area contributed by atoms with Crippen LogP contribution in [-0.4, -0.2) is 26.2 Å². The van der Waals surface area contributed by atoms with E-state index in [0.29, 0.717) is 18.3 Å². The maximum atomic E-state index is 12.7. The summed E-state index contributed by atoms with van der Waals surface area (Å²) >= 11 is 0. The maximum absolute atomic E-state index is 12.7. The molecule has 5 rings (SSSR count). The van der Waals surface area contributed by atoms with Gasteiger partial charge in [0, 0.05) is 29.2 Å². The maximum Gasteiger partial charge on any atom is 0.224 e. The van der Waals surface area contributed by atoms with Crippen LogP contribution < -0.4 is 14.8 Å². The summed E-state index contributed by atoms with van der Waals surface area (Å²) in [5.41, 5.74) is 4.16.